The standard InChI is InChI=1S/C12H25N3O/c1-10(2)15-12(13-3)14-7-4-8-16-9-11-5-6-11/h10-11H,4-9H2,1-3H3,(H2,13,14,15). The van der Waals surface area contributed by atoms with Gasteiger partial charge in [-0.25, -0.2) is 0 Å². The molecular weight excluding hydrogens is 202 g/mol. The molecule has 0 aromatic rings. The van der Waals surface area contributed by atoms with E-state index in [9.17, 15) is 0 Å². The Kier molecular flexibility index (Phi) is 6.23. The third-order valence-corrected chi connectivity index (χ3v) is 2.46. The van der Waals surface area contributed by atoms with Crippen molar-refractivity contribution in [2.75, 3.05) is 26.8 Å². The smallest absolute Gasteiger partial charge is 0.191 e. The highest BCUT2D eigenvalue weighted by molar-refractivity contribution is 5.79. The Labute approximate surface area is 98.9 Å². The van der Waals surface area contributed by atoms with Crippen LogP contribution in [0.1, 0.15) is 33.1 Å². The largest absolute Gasteiger partial charge is 0.381 e. The Morgan fingerprint density at radius 2 is 2.19 bits per heavy atom. The molecule has 0 bridgehead atoms. The van der Waals surface area contributed by atoms with Gasteiger partial charge >= 0.3 is 0 Å². The minimum atomic E-state index is 0.414. The van der Waals surface area contributed by atoms with E-state index in [2.05, 4.69) is 29.5 Å². The Bertz CT molecular complexity index is 212. The molecule has 1 aliphatic carbocycles. The monoisotopic (exact) mass is 227 g/mol. The number of nitrogens with zero attached hydrogens (tertiary/aromatic N) is 1. The maximum Gasteiger partial charge on any atom is 0.191 e. The molecule has 0 unspecified atom stereocenters. The van der Waals surface area contributed by atoms with Crippen molar-refractivity contribution >= 4 is 5.96 Å². The zero-order valence-corrected chi connectivity index (χ0v) is 10.8. The predicted molar refractivity (Wildman–Crippen MR) is 67.8 cm³/mol. The van der Waals surface area contributed by atoms with E-state index in [1.165, 1.54) is 12.8 Å². The summed E-state index contributed by atoms with van der Waals surface area (Å²) in [5.41, 5.74) is 0. The fourth-order valence-corrected chi connectivity index (χ4v) is 1.38. The van der Waals surface area contributed by atoms with Gasteiger partial charge in [-0.2, -0.15) is 0 Å². The van der Waals surface area contributed by atoms with Gasteiger partial charge in [0.25, 0.3) is 0 Å². The van der Waals surface area contributed by atoms with E-state index < -0.39 is 0 Å². The molecule has 1 fully saturated rings. The Hall–Kier alpha value is -0.770. The molecule has 0 amide bonds. The molecule has 0 saturated heterocycles. The summed E-state index contributed by atoms with van der Waals surface area (Å²) < 4.78 is 5.55. The topological polar surface area (TPSA) is 45.7 Å². The first kappa shape index (κ1) is 13.3. The van der Waals surface area contributed by atoms with Crippen LogP contribution >= 0.6 is 0 Å². The van der Waals surface area contributed by atoms with Crippen LogP contribution in [-0.2, 0) is 4.74 Å². The van der Waals surface area contributed by atoms with Crippen LogP contribution in [0.15, 0.2) is 4.99 Å². The average Bonchev–Trinajstić information content (AvgIpc) is 3.04. The van der Waals surface area contributed by atoms with Gasteiger partial charge in [0.2, 0.25) is 0 Å². The maximum absolute atomic E-state index is 5.55. The van der Waals surface area contributed by atoms with Gasteiger partial charge in [-0.3, -0.25) is 4.99 Å². The fraction of sp³-hybridized carbons (Fsp3) is 0.917. The van der Waals surface area contributed by atoms with Gasteiger partial charge in [-0.05, 0) is 39.0 Å². The minimum absolute atomic E-state index is 0.414. The van der Waals surface area contributed by atoms with Crippen LogP contribution in [0.2, 0.25) is 0 Å². The fourth-order valence-electron chi connectivity index (χ4n) is 1.38. The van der Waals surface area contributed by atoms with Crippen LogP contribution in [0.25, 0.3) is 0 Å². The quantitative estimate of drug-likeness (QED) is 0.392. The van der Waals surface area contributed by atoms with Crippen molar-refractivity contribution in [1.29, 1.82) is 0 Å². The summed E-state index contributed by atoms with van der Waals surface area (Å²) in [7, 11) is 1.79. The average molecular weight is 227 g/mol. The van der Waals surface area contributed by atoms with Crippen molar-refractivity contribution < 1.29 is 4.74 Å². The molecule has 4 heteroatoms. The van der Waals surface area contributed by atoms with Gasteiger partial charge in [0.05, 0.1) is 0 Å². The van der Waals surface area contributed by atoms with Crippen LogP contribution < -0.4 is 10.6 Å². The highest BCUT2D eigenvalue weighted by Crippen LogP contribution is 2.28. The van der Waals surface area contributed by atoms with Crippen molar-refractivity contribution in [2.24, 2.45) is 10.9 Å². The molecule has 0 aromatic heterocycles. The summed E-state index contributed by atoms with van der Waals surface area (Å²) in [4.78, 5) is 4.14. The molecule has 16 heavy (non-hydrogen) atoms. The first-order valence-electron chi connectivity index (χ1n) is 6.27. The maximum atomic E-state index is 5.55. The van der Waals surface area contributed by atoms with E-state index in [0.717, 1.165) is 38.1 Å². The molecule has 1 rings (SSSR count). The summed E-state index contributed by atoms with van der Waals surface area (Å²) >= 11 is 0. The van der Waals surface area contributed by atoms with E-state index in [-0.39, 0.29) is 0 Å². The van der Waals surface area contributed by atoms with Gasteiger partial charge < -0.3 is 15.4 Å². The minimum Gasteiger partial charge on any atom is -0.381 e. The highest BCUT2D eigenvalue weighted by atomic mass is 16.5. The summed E-state index contributed by atoms with van der Waals surface area (Å²) in [5, 5.41) is 6.51. The normalized spacial score (nSPS) is 16.6. The van der Waals surface area contributed by atoms with E-state index in [1.807, 2.05) is 0 Å². The molecule has 0 atom stereocenters. The van der Waals surface area contributed by atoms with Crippen LogP contribution in [0.4, 0.5) is 0 Å². The predicted octanol–water partition coefficient (Wildman–Crippen LogP) is 1.38. The lowest BCUT2D eigenvalue weighted by atomic mass is 10.4. The first-order valence-corrected chi connectivity index (χ1v) is 6.27. The molecule has 0 aromatic carbocycles. The Morgan fingerprint density at radius 3 is 2.75 bits per heavy atom. The van der Waals surface area contributed by atoms with Crippen molar-refractivity contribution in [2.45, 2.75) is 39.2 Å². The summed E-state index contributed by atoms with van der Waals surface area (Å²) in [6.07, 6.45) is 3.76. The number of ether oxygens (including phenoxy) is 1. The van der Waals surface area contributed by atoms with Crippen molar-refractivity contribution in [3.8, 4) is 0 Å². The van der Waals surface area contributed by atoms with E-state index in [4.69, 9.17) is 4.74 Å². The van der Waals surface area contributed by atoms with Gasteiger partial charge in [0.15, 0.2) is 5.96 Å². The van der Waals surface area contributed by atoms with Crippen LogP contribution in [0, 0.1) is 5.92 Å². The third kappa shape index (κ3) is 6.67. The SMILES string of the molecule is CN=C(NCCCOCC1CC1)NC(C)C. The lowest BCUT2D eigenvalue weighted by Gasteiger charge is -2.14. The number of hydrogen-bond donors (Lipinski definition) is 2. The molecule has 0 radical (unpaired) electrons. The summed E-state index contributed by atoms with van der Waals surface area (Å²) in [5.74, 6) is 1.74. The van der Waals surface area contributed by atoms with Gasteiger partial charge in [-0.1, -0.05) is 0 Å². The van der Waals surface area contributed by atoms with Gasteiger partial charge in [-0.15, -0.1) is 0 Å². The zero-order valence-electron chi connectivity index (χ0n) is 10.8. The zero-order chi connectivity index (χ0) is 11.8. The molecule has 1 saturated carbocycles. The van der Waals surface area contributed by atoms with Crippen molar-refractivity contribution in [1.82, 2.24) is 10.6 Å². The lowest BCUT2D eigenvalue weighted by molar-refractivity contribution is 0.123. The number of aliphatic imine (C=N–C) groups is 1. The van der Waals surface area contributed by atoms with E-state index in [1.54, 1.807) is 7.05 Å². The van der Waals surface area contributed by atoms with E-state index >= 15 is 0 Å². The number of guanidine groups is 1. The molecule has 2 N–H and O–H groups in total. The molecule has 0 aliphatic heterocycles. The Balaban J connectivity index is 1.91. The molecule has 0 spiro atoms. The van der Waals surface area contributed by atoms with Crippen molar-refractivity contribution in [3.63, 3.8) is 0 Å². The van der Waals surface area contributed by atoms with E-state index in [0.29, 0.717) is 6.04 Å². The van der Waals surface area contributed by atoms with Gasteiger partial charge in [0, 0.05) is 32.8 Å². The van der Waals surface area contributed by atoms with Crippen LogP contribution in [0.5, 0.6) is 0 Å². The molecular formula is C12H25N3O. The second-order valence-electron chi connectivity index (χ2n) is 4.67. The number of hydrogen-bond acceptors (Lipinski definition) is 2. The first-order chi connectivity index (χ1) is 7.72. The molecule has 4 nitrogen and oxygen atoms in total. The highest BCUT2D eigenvalue weighted by Gasteiger charge is 2.20. The molecule has 94 valence electrons. The number of nitrogens with one attached hydrogen (secondary N) is 2. The second kappa shape index (κ2) is 7.49. The molecule has 0 heterocycles. The molecule has 1 aliphatic rings. The van der Waals surface area contributed by atoms with Crippen molar-refractivity contribution in [3.05, 3.63) is 0 Å². The summed E-state index contributed by atoms with van der Waals surface area (Å²) in [6.45, 7) is 6.93. The third-order valence-electron chi connectivity index (χ3n) is 2.46. The summed E-state index contributed by atoms with van der Waals surface area (Å²) in [6, 6.07) is 0.414. The van der Waals surface area contributed by atoms with Crippen LogP contribution in [0.3, 0.4) is 0 Å². The lowest BCUT2D eigenvalue weighted by Crippen LogP contribution is -2.41. The van der Waals surface area contributed by atoms with Gasteiger partial charge in [0.1, 0.15) is 0 Å². The number of rotatable bonds is 7. The van der Waals surface area contributed by atoms with Crippen LogP contribution in [-0.4, -0.2) is 38.8 Å². The second-order valence-corrected chi connectivity index (χ2v) is 4.67. The Morgan fingerprint density at radius 1 is 1.44 bits per heavy atom.